The molecule has 0 aromatic heterocycles. The van der Waals surface area contributed by atoms with Crippen LogP contribution in [0.5, 0.6) is 0 Å². The van der Waals surface area contributed by atoms with Crippen LogP contribution in [0.1, 0.15) is 58.5 Å². The summed E-state index contributed by atoms with van der Waals surface area (Å²) in [6, 6.07) is 21.7. The molecule has 1 N–H and O–H groups in total. The maximum atomic E-state index is 13.8. The van der Waals surface area contributed by atoms with Gasteiger partial charge in [0.05, 0.1) is 17.8 Å². The maximum absolute atomic E-state index is 13.8. The number of benzene rings is 3. The molecule has 1 saturated heterocycles. The number of rotatable bonds is 7. The van der Waals surface area contributed by atoms with E-state index in [-0.39, 0.29) is 11.8 Å². The fourth-order valence-corrected chi connectivity index (χ4v) is 6.73. The van der Waals surface area contributed by atoms with Crippen LogP contribution >= 0.6 is 11.8 Å². The van der Waals surface area contributed by atoms with Crippen LogP contribution in [0.15, 0.2) is 76.5 Å². The second-order valence-electron chi connectivity index (χ2n) is 11.0. The van der Waals surface area contributed by atoms with E-state index >= 15 is 0 Å². The minimum atomic E-state index is -0.0947. The van der Waals surface area contributed by atoms with E-state index in [4.69, 9.17) is 0 Å². The number of hydrogen-bond acceptors (Lipinski definition) is 4. The number of anilines is 1. The summed E-state index contributed by atoms with van der Waals surface area (Å²) in [4.78, 5) is 33.2. The van der Waals surface area contributed by atoms with Crippen LogP contribution in [-0.4, -0.2) is 42.9 Å². The largest absolute Gasteiger partial charge is 0.352 e. The maximum Gasteiger partial charge on any atom is 0.259 e. The lowest BCUT2D eigenvalue weighted by molar-refractivity contribution is 0.0944. The Morgan fingerprint density at radius 2 is 1.71 bits per heavy atom. The summed E-state index contributed by atoms with van der Waals surface area (Å²) in [5.41, 5.74) is 4.28. The van der Waals surface area contributed by atoms with Gasteiger partial charge in [-0.15, -0.1) is 0 Å². The van der Waals surface area contributed by atoms with Crippen molar-refractivity contribution < 1.29 is 9.59 Å². The number of nitrogens with one attached hydrogen (secondary N) is 1. The molecule has 2 aliphatic heterocycles. The lowest BCUT2D eigenvalue weighted by Crippen LogP contribution is -2.40. The van der Waals surface area contributed by atoms with E-state index in [0.29, 0.717) is 24.2 Å². The van der Waals surface area contributed by atoms with Crippen LogP contribution in [0, 0.1) is 18.8 Å². The zero-order valence-corrected chi connectivity index (χ0v) is 23.4. The molecule has 0 spiro atoms. The molecule has 5 rings (SSSR count). The second kappa shape index (κ2) is 11.7. The van der Waals surface area contributed by atoms with Gasteiger partial charge in [0.2, 0.25) is 0 Å². The Hall–Kier alpha value is -3.09. The molecule has 3 aromatic rings. The Balaban J connectivity index is 1.32. The Morgan fingerprint density at radius 1 is 0.974 bits per heavy atom. The lowest BCUT2D eigenvalue weighted by atomic mass is 9.92. The molecule has 2 atom stereocenters. The Morgan fingerprint density at radius 3 is 2.47 bits per heavy atom. The summed E-state index contributed by atoms with van der Waals surface area (Å²) < 4.78 is 0. The molecule has 0 radical (unpaired) electrons. The molecule has 2 amide bonds. The monoisotopic (exact) mass is 527 g/mol. The molecule has 2 aliphatic rings. The molecular weight excluding hydrogens is 490 g/mol. The van der Waals surface area contributed by atoms with Gasteiger partial charge in [-0.2, -0.15) is 0 Å². The summed E-state index contributed by atoms with van der Waals surface area (Å²) in [6.45, 7) is 11.1. The summed E-state index contributed by atoms with van der Waals surface area (Å²) in [7, 11) is 0. The normalized spacial score (nSPS) is 19.4. The van der Waals surface area contributed by atoms with Gasteiger partial charge in [-0.25, -0.2) is 0 Å². The van der Waals surface area contributed by atoms with Crippen molar-refractivity contribution in [3.63, 3.8) is 0 Å². The van der Waals surface area contributed by atoms with Crippen molar-refractivity contribution in [1.29, 1.82) is 0 Å². The van der Waals surface area contributed by atoms with Gasteiger partial charge >= 0.3 is 0 Å². The fourth-order valence-electron chi connectivity index (χ4n) is 5.68. The Bertz CT molecular complexity index is 1300. The molecule has 0 bridgehead atoms. The predicted molar refractivity (Wildman–Crippen MR) is 155 cm³/mol. The minimum absolute atomic E-state index is 0.0463. The average molecular weight is 528 g/mol. The highest BCUT2D eigenvalue weighted by Gasteiger charge is 2.28. The number of carbonyl (C=O) groups excluding carboxylic acids is 2. The van der Waals surface area contributed by atoms with Crippen LogP contribution in [-0.2, 0) is 6.54 Å². The molecule has 0 saturated carbocycles. The average Bonchev–Trinajstić information content (AvgIpc) is 3.01. The first-order chi connectivity index (χ1) is 18.4. The number of nitrogens with zero attached hydrogens (tertiary/aromatic N) is 2. The second-order valence-corrected chi connectivity index (χ2v) is 12.1. The Kier molecular flexibility index (Phi) is 8.20. The molecule has 5 nitrogen and oxygen atoms in total. The summed E-state index contributed by atoms with van der Waals surface area (Å²) in [5.74, 6) is 1.34. The van der Waals surface area contributed by atoms with Gasteiger partial charge in [-0.1, -0.05) is 67.6 Å². The van der Waals surface area contributed by atoms with Gasteiger partial charge in [0.1, 0.15) is 0 Å². The first kappa shape index (κ1) is 26.5. The van der Waals surface area contributed by atoms with Crippen molar-refractivity contribution in [1.82, 2.24) is 10.2 Å². The molecule has 6 heteroatoms. The highest BCUT2D eigenvalue weighted by atomic mass is 32.2. The Labute approximate surface area is 230 Å². The number of fused-ring (bicyclic) bond motifs is 2. The number of hydrogen-bond donors (Lipinski definition) is 1. The van der Waals surface area contributed by atoms with Crippen molar-refractivity contribution in [3.8, 4) is 0 Å². The van der Waals surface area contributed by atoms with Crippen LogP contribution in [0.2, 0.25) is 0 Å². The third-order valence-electron chi connectivity index (χ3n) is 7.44. The third-order valence-corrected chi connectivity index (χ3v) is 8.58. The SMILES string of the molecule is Cc1ccc(CN2C(=O)c3ccccc3Sc3ccc(C(=O)NCCCN4CC(C)CC(C)C4)cc32)cc1. The van der Waals surface area contributed by atoms with E-state index in [0.717, 1.165) is 58.9 Å². The molecule has 2 heterocycles. The van der Waals surface area contributed by atoms with Crippen LogP contribution in [0.3, 0.4) is 0 Å². The molecule has 3 aromatic carbocycles. The van der Waals surface area contributed by atoms with Crippen LogP contribution in [0.25, 0.3) is 0 Å². The topological polar surface area (TPSA) is 52.7 Å². The minimum Gasteiger partial charge on any atom is -0.352 e. The van der Waals surface area contributed by atoms with E-state index < -0.39 is 0 Å². The highest BCUT2D eigenvalue weighted by Crippen LogP contribution is 2.42. The zero-order chi connectivity index (χ0) is 26.6. The molecule has 38 heavy (non-hydrogen) atoms. The van der Waals surface area contributed by atoms with Gasteiger partial charge in [-0.05, 0) is 74.0 Å². The molecule has 2 unspecified atom stereocenters. The lowest BCUT2D eigenvalue weighted by Gasteiger charge is -2.34. The van der Waals surface area contributed by atoms with E-state index in [1.807, 2.05) is 47.4 Å². The standard InChI is InChI=1S/C32H37N3O2S/c1-22-9-11-25(12-10-22)21-35-28-18-26(13-14-30(28)38-29-8-5-4-7-27(29)32(35)37)31(36)33-15-6-16-34-19-23(2)17-24(3)20-34/h4-5,7-14,18,23-24H,6,15-17,19-21H2,1-3H3,(H,33,36). The first-order valence-corrected chi connectivity index (χ1v) is 14.5. The van der Waals surface area contributed by atoms with Gasteiger partial charge in [-0.3, -0.25) is 9.59 Å². The molecule has 198 valence electrons. The number of aryl methyl sites for hydroxylation is 1. The van der Waals surface area contributed by atoms with Gasteiger partial charge in [0.25, 0.3) is 11.8 Å². The molecular formula is C32H37N3O2S. The van der Waals surface area contributed by atoms with Crippen molar-refractivity contribution in [2.24, 2.45) is 11.8 Å². The van der Waals surface area contributed by atoms with Gasteiger partial charge in [0, 0.05) is 35.0 Å². The fraction of sp³-hybridized carbons (Fsp3) is 0.375. The van der Waals surface area contributed by atoms with E-state index in [1.165, 1.54) is 12.0 Å². The van der Waals surface area contributed by atoms with Crippen LogP contribution in [0.4, 0.5) is 5.69 Å². The smallest absolute Gasteiger partial charge is 0.259 e. The van der Waals surface area contributed by atoms with Crippen molar-refractivity contribution in [2.45, 2.75) is 49.9 Å². The summed E-state index contributed by atoms with van der Waals surface area (Å²) in [5, 5.41) is 3.11. The highest BCUT2D eigenvalue weighted by molar-refractivity contribution is 7.99. The van der Waals surface area contributed by atoms with E-state index in [9.17, 15) is 9.59 Å². The van der Waals surface area contributed by atoms with E-state index in [2.05, 4.69) is 55.3 Å². The van der Waals surface area contributed by atoms with Gasteiger partial charge in [0.15, 0.2) is 0 Å². The van der Waals surface area contributed by atoms with Crippen molar-refractivity contribution in [2.75, 3.05) is 31.1 Å². The van der Waals surface area contributed by atoms with Crippen molar-refractivity contribution in [3.05, 3.63) is 89.0 Å². The third kappa shape index (κ3) is 6.13. The molecule has 0 aliphatic carbocycles. The number of amides is 2. The molecule has 1 fully saturated rings. The van der Waals surface area contributed by atoms with Gasteiger partial charge < -0.3 is 15.1 Å². The number of carbonyl (C=O) groups is 2. The first-order valence-electron chi connectivity index (χ1n) is 13.7. The summed E-state index contributed by atoms with van der Waals surface area (Å²) >= 11 is 1.58. The zero-order valence-electron chi connectivity index (χ0n) is 22.6. The number of piperidine rings is 1. The van der Waals surface area contributed by atoms with Crippen molar-refractivity contribution >= 4 is 29.3 Å². The number of likely N-dealkylation sites (tertiary alicyclic amines) is 1. The van der Waals surface area contributed by atoms with E-state index in [1.54, 1.807) is 11.8 Å². The van der Waals surface area contributed by atoms with Crippen LogP contribution < -0.4 is 10.2 Å². The summed E-state index contributed by atoms with van der Waals surface area (Å²) in [6.07, 6.45) is 2.23. The quantitative estimate of drug-likeness (QED) is 0.361. The predicted octanol–water partition coefficient (Wildman–Crippen LogP) is 6.40.